The standard InChI is InChI=1S/C27H23N5O3S/c1-16-8-9-17(2)23(14-16)31-25(35)21-6-4-5-7-22(21)32-26(31)29-30-27(32)36-15-24(34)28-20-12-10-19(11-13-20)18(3)33/h4-14H,15H2,1-3H3,(H,28,34). The molecule has 1 N–H and O–H groups in total. The van der Waals surface area contributed by atoms with E-state index in [0.717, 1.165) is 16.8 Å². The van der Waals surface area contributed by atoms with Gasteiger partial charge in [0, 0.05) is 11.3 Å². The second-order valence-corrected chi connectivity index (χ2v) is 9.48. The van der Waals surface area contributed by atoms with Gasteiger partial charge in [0.15, 0.2) is 10.9 Å². The fourth-order valence-corrected chi connectivity index (χ4v) is 4.81. The summed E-state index contributed by atoms with van der Waals surface area (Å²) in [5, 5.41) is 12.6. The lowest BCUT2D eigenvalue weighted by molar-refractivity contribution is -0.113. The molecule has 0 saturated carbocycles. The molecule has 180 valence electrons. The summed E-state index contributed by atoms with van der Waals surface area (Å²) in [6, 6.07) is 20.0. The van der Waals surface area contributed by atoms with Crippen LogP contribution in [0, 0.1) is 13.8 Å². The van der Waals surface area contributed by atoms with Gasteiger partial charge in [-0.25, -0.2) is 4.57 Å². The number of carbonyl (C=O) groups excluding carboxylic acids is 2. The average Bonchev–Trinajstić information content (AvgIpc) is 3.29. The van der Waals surface area contributed by atoms with Crippen molar-refractivity contribution in [1.29, 1.82) is 0 Å². The first kappa shape index (κ1) is 23.5. The molecule has 9 heteroatoms. The minimum atomic E-state index is -0.223. The monoisotopic (exact) mass is 497 g/mol. The summed E-state index contributed by atoms with van der Waals surface area (Å²) in [6.45, 7) is 5.42. The minimum absolute atomic E-state index is 0.0336. The van der Waals surface area contributed by atoms with Crippen molar-refractivity contribution in [2.45, 2.75) is 25.9 Å². The molecule has 2 aromatic heterocycles. The number of amides is 1. The van der Waals surface area contributed by atoms with Gasteiger partial charge in [-0.2, -0.15) is 0 Å². The number of Topliss-reactive ketones (excluding diaryl/α,β-unsaturated/α-hetero) is 1. The number of carbonyl (C=O) groups is 2. The molecule has 0 bridgehead atoms. The predicted octanol–water partition coefficient (Wildman–Crippen LogP) is 4.58. The molecule has 8 nitrogen and oxygen atoms in total. The van der Waals surface area contributed by atoms with Crippen LogP contribution in [-0.4, -0.2) is 36.6 Å². The number of ketones is 1. The zero-order valence-corrected chi connectivity index (χ0v) is 20.8. The topological polar surface area (TPSA) is 98.4 Å². The van der Waals surface area contributed by atoms with Crippen molar-refractivity contribution in [3.8, 4) is 5.69 Å². The van der Waals surface area contributed by atoms with E-state index in [0.29, 0.717) is 33.1 Å². The van der Waals surface area contributed by atoms with Gasteiger partial charge in [-0.1, -0.05) is 36.0 Å². The minimum Gasteiger partial charge on any atom is -0.325 e. The van der Waals surface area contributed by atoms with Gasteiger partial charge < -0.3 is 5.32 Å². The van der Waals surface area contributed by atoms with Crippen LogP contribution in [0.5, 0.6) is 0 Å². The predicted molar refractivity (Wildman–Crippen MR) is 141 cm³/mol. The molecule has 0 spiro atoms. The fourth-order valence-electron chi connectivity index (χ4n) is 4.07. The third-order valence-corrected chi connectivity index (χ3v) is 6.84. The zero-order valence-electron chi connectivity index (χ0n) is 20.0. The number of aromatic nitrogens is 4. The first-order chi connectivity index (χ1) is 17.3. The highest BCUT2D eigenvalue weighted by Crippen LogP contribution is 2.25. The maximum atomic E-state index is 13.5. The highest BCUT2D eigenvalue weighted by atomic mass is 32.2. The van der Waals surface area contributed by atoms with E-state index in [1.807, 2.05) is 54.6 Å². The molecule has 5 rings (SSSR count). The number of fused-ring (bicyclic) bond motifs is 3. The second-order valence-electron chi connectivity index (χ2n) is 8.54. The highest BCUT2D eigenvalue weighted by Gasteiger charge is 2.19. The number of hydrogen-bond donors (Lipinski definition) is 1. The largest absolute Gasteiger partial charge is 0.325 e. The number of hydrogen-bond acceptors (Lipinski definition) is 6. The van der Waals surface area contributed by atoms with Gasteiger partial charge in [-0.05, 0) is 74.4 Å². The summed E-state index contributed by atoms with van der Waals surface area (Å²) in [6.07, 6.45) is 0. The van der Waals surface area contributed by atoms with E-state index in [2.05, 4.69) is 15.5 Å². The molecule has 0 aliphatic heterocycles. The smallest absolute Gasteiger partial charge is 0.267 e. The number of aryl methyl sites for hydroxylation is 2. The highest BCUT2D eigenvalue weighted by molar-refractivity contribution is 7.99. The molecule has 0 aliphatic rings. The number of nitrogens with one attached hydrogen (secondary N) is 1. The van der Waals surface area contributed by atoms with Crippen LogP contribution in [0.3, 0.4) is 0 Å². The van der Waals surface area contributed by atoms with E-state index in [9.17, 15) is 14.4 Å². The summed E-state index contributed by atoms with van der Waals surface area (Å²) >= 11 is 1.23. The molecule has 0 radical (unpaired) electrons. The lowest BCUT2D eigenvalue weighted by Crippen LogP contribution is -2.22. The molecule has 0 saturated heterocycles. The first-order valence-corrected chi connectivity index (χ1v) is 12.3. The van der Waals surface area contributed by atoms with E-state index in [1.165, 1.54) is 18.7 Å². The number of rotatable bonds is 6. The van der Waals surface area contributed by atoms with Crippen molar-refractivity contribution >= 4 is 45.8 Å². The molecule has 0 unspecified atom stereocenters. The van der Waals surface area contributed by atoms with Gasteiger partial charge in [0.1, 0.15) is 0 Å². The molecule has 2 heterocycles. The Kier molecular flexibility index (Phi) is 6.15. The van der Waals surface area contributed by atoms with Crippen molar-refractivity contribution in [2.24, 2.45) is 0 Å². The van der Waals surface area contributed by atoms with E-state index in [4.69, 9.17) is 0 Å². The van der Waals surface area contributed by atoms with Crippen LogP contribution < -0.4 is 10.9 Å². The van der Waals surface area contributed by atoms with Crippen LogP contribution in [0.15, 0.2) is 76.7 Å². The number of anilines is 1. The summed E-state index contributed by atoms with van der Waals surface area (Å²) < 4.78 is 3.40. The normalized spacial score (nSPS) is 11.2. The van der Waals surface area contributed by atoms with Crippen molar-refractivity contribution in [3.63, 3.8) is 0 Å². The Bertz CT molecular complexity index is 1700. The quantitative estimate of drug-likeness (QED) is 0.272. The Hall–Kier alpha value is -4.24. The lowest BCUT2D eigenvalue weighted by Gasteiger charge is -2.14. The Balaban J connectivity index is 1.51. The van der Waals surface area contributed by atoms with E-state index >= 15 is 0 Å². The number of nitrogens with zero attached hydrogens (tertiary/aromatic N) is 4. The van der Waals surface area contributed by atoms with Crippen molar-refractivity contribution in [1.82, 2.24) is 19.2 Å². The van der Waals surface area contributed by atoms with Gasteiger partial charge in [0.25, 0.3) is 5.56 Å². The number of thioether (sulfide) groups is 1. The van der Waals surface area contributed by atoms with Crippen molar-refractivity contribution in [3.05, 3.63) is 93.8 Å². The molecule has 3 aromatic carbocycles. The van der Waals surface area contributed by atoms with E-state index in [-0.39, 0.29) is 23.0 Å². The molecular weight excluding hydrogens is 474 g/mol. The number of para-hydroxylation sites is 1. The van der Waals surface area contributed by atoms with Crippen LogP contribution in [0.25, 0.3) is 22.4 Å². The van der Waals surface area contributed by atoms with Gasteiger partial charge >= 0.3 is 0 Å². The summed E-state index contributed by atoms with van der Waals surface area (Å²) in [7, 11) is 0. The SMILES string of the molecule is CC(=O)c1ccc(NC(=O)CSc2nnc3n(-c4cc(C)ccc4C)c(=O)c4ccccc4n23)cc1. The Morgan fingerprint density at radius 3 is 2.47 bits per heavy atom. The average molecular weight is 498 g/mol. The van der Waals surface area contributed by atoms with E-state index < -0.39 is 0 Å². The molecule has 36 heavy (non-hydrogen) atoms. The van der Waals surface area contributed by atoms with Gasteiger partial charge in [-0.3, -0.25) is 18.8 Å². The second kappa shape index (κ2) is 9.43. The van der Waals surface area contributed by atoms with Crippen LogP contribution in [0.2, 0.25) is 0 Å². The third kappa shape index (κ3) is 4.29. The maximum Gasteiger partial charge on any atom is 0.267 e. The Morgan fingerprint density at radius 1 is 0.972 bits per heavy atom. The Morgan fingerprint density at radius 2 is 1.72 bits per heavy atom. The van der Waals surface area contributed by atoms with Crippen LogP contribution in [0.1, 0.15) is 28.4 Å². The van der Waals surface area contributed by atoms with Gasteiger partial charge in [0.05, 0.1) is 22.3 Å². The summed E-state index contributed by atoms with van der Waals surface area (Å²) in [5.74, 6) is 0.218. The summed E-state index contributed by atoms with van der Waals surface area (Å²) in [5.41, 5.74) is 4.38. The fraction of sp³-hybridized carbons (Fsp3) is 0.148. The van der Waals surface area contributed by atoms with Crippen molar-refractivity contribution in [2.75, 3.05) is 11.1 Å². The van der Waals surface area contributed by atoms with Crippen LogP contribution in [-0.2, 0) is 4.79 Å². The molecule has 0 atom stereocenters. The number of benzene rings is 3. The van der Waals surface area contributed by atoms with Crippen LogP contribution in [0.4, 0.5) is 5.69 Å². The lowest BCUT2D eigenvalue weighted by atomic mass is 10.1. The molecule has 0 aliphatic carbocycles. The molecule has 1 amide bonds. The first-order valence-electron chi connectivity index (χ1n) is 11.3. The maximum absolute atomic E-state index is 13.5. The van der Waals surface area contributed by atoms with Crippen LogP contribution >= 0.6 is 11.8 Å². The van der Waals surface area contributed by atoms with Crippen molar-refractivity contribution < 1.29 is 9.59 Å². The molecular formula is C27H23N5O3S. The summed E-state index contributed by atoms with van der Waals surface area (Å²) in [4.78, 5) is 37.6. The van der Waals surface area contributed by atoms with E-state index in [1.54, 1.807) is 34.9 Å². The Labute approximate surface area is 211 Å². The zero-order chi connectivity index (χ0) is 25.4. The van der Waals surface area contributed by atoms with Gasteiger partial charge in [-0.15, -0.1) is 10.2 Å². The third-order valence-electron chi connectivity index (χ3n) is 5.91. The molecule has 0 fully saturated rings. The molecule has 5 aromatic rings. The van der Waals surface area contributed by atoms with Gasteiger partial charge in [0.2, 0.25) is 11.7 Å².